The van der Waals surface area contributed by atoms with Crippen molar-refractivity contribution < 1.29 is 10.0 Å². The second kappa shape index (κ2) is 6.34. The van der Waals surface area contributed by atoms with Gasteiger partial charge in [-0.2, -0.15) is 0 Å². The van der Waals surface area contributed by atoms with Gasteiger partial charge < -0.3 is 4.90 Å². The monoisotopic (exact) mass is 324 g/mol. The summed E-state index contributed by atoms with van der Waals surface area (Å²) in [5.74, 6) is -0.0396. The van der Waals surface area contributed by atoms with Crippen molar-refractivity contribution in [1.29, 1.82) is 0 Å². The van der Waals surface area contributed by atoms with Crippen LogP contribution in [0.25, 0.3) is 0 Å². The number of nitrogens with zero attached hydrogens (tertiary/aromatic N) is 2. The molecule has 0 amide bonds. The molecule has 1 aliphatic heterocycles. The van der Waals surface area contributed by atoms with Crippen LogP contribution < -0.4 is 0 Å². The van der Waals surface area contributed by atoms with E-state index >= 15 is 0 Å². The lowest BCUT2D eigenvalue weighted by Gasteiger charge is -2.36. The number of allylic oxidation sites excluding steroid dienone is 5. The van der Waals surface area contributed by atoms with Crippen molar-refractivity contribution in [2.45, 2.75) is 38.1 Å². The van der Waals surface area contributed by atoms with Crippen LogP contribution in [0, 0.1) is 0 Å². The third-order valence-corrected chi connectivity index (χ3v) is 5.01. The van der Waals surface area contributed by atoms with Crippen molar-refractivity contribution >= 4 is 34.1 Å². The van der Waals surface area contributed by atoms with Crippen LogP contribution >= 0.6 is 24.0 Å². The standard InChI is InChI=1S/C15H20N2O2S2/c1-4-9-16-13(15(2,3)21-14(16)20)17(19)10-11-5-7-12(18)8-6-11/h5-8,10,13,19H,4,9H2,1-3H3/t13-/m0/s1. The molecule has 21 heavy (non-hydrogen) atoms. The van der Waals surface area contributed by atoms with Crippen molar-refractivity contribution in [3.8, 4) is 0 Å². The van der Waals surface area contributed by atoms with Crippen molar-refractivity contribution in [3.05, 3.63) is 36.1 Å². The zero-order valence-electron chi connectivity index (χ0n) is 12.4. The highest BCUT2D eigenvalue weighted by Crippen LogP contribution is 2.42. The van der Waals surface area contributed by atoms with Crippen LogP contribution in [0.5, 0.6) is 0 Å². The molecule has 1 fully saturated rings. The molecule has 0 unspecified atom stereocenters. The smallest absolute Gasteiger partial charge is 0.178 e. The summed E-state index contributed by atoms with van der Waals surface area (Å²) in [5.41, 5.74) is 0.784. The maximum atomic E-state index is 11.1. The summed E-state index contributed by atoms with van der Waals surface area (Å²) < 4.78 is 0.602. The molecule has 0 bridgehead atoms. The Labute approximate surface area is 135 Å². The molecule has 6 heteroatoms. The van der Waals surface area contributed by atoms with Gasteiger partial charge in [-0.3, -0.25) is 10.0 Å². The van der Waals surface area contributed by atoms with Crippen LogP contribution in [0.2, 0.25) is 0 Å². The van der Waals surface area contributed by atoms with E-state index in [1.807, 2.05) is 0 Å². The van der Waals surface area contributed by atoms with Crippen molar-refractivity contribution in [3.63, 3.8) is 0 Å². The highest BCUT2D eigenvalue weighted by Gasteiger charge is 2.46. The van der Waals surface area contributed by atoms with Gasteiger partial charge in [0.15, 0.2) is 5.78 Å². The van der Waals surface area contributed by atoms with Gasteiger partial charge in [0.25, 0.3) is 0 Å². The van der Waals surface area contributed by atoms with Crippen LogP contribution in [-0.2, 0) is 4.79 Å². The summed E-state index contributed by atoms with van der Waals surface area (Å²) in [6.45, 7) is 7.04. The number of carbonyl (C=O) groups is 1. The van der Waals surface area contributed by atoms with Gasteiger partial charge in [-0.1, -0.05) is 30.9 Å². The zero-order chi connectivity index (χ0) is 15.6. The summed E-state index contributed by atoms with van der Waals surface area (Å²) in [6, 6.07) is 0. The Morgan fingerprint density at radius 1 is 1.43 bits per heavy atom. The van der Waals surface area contributed by atoms with Gasteiger partial charge in [-0.15, -0.1) is 0 Å². The lowest BCUT2D eigenvalue weighted by atomic mass is 10.1. The van der Waals surface area contributed by atoms with E-state index in [1.165, 1.54) is 17.2 Å². The third-order valence-electron chi connectivity index (χ3n) is 3.38. The van der Waals surface area contributed by atoms with E-state index in [-0.39, 0.29) is 16.7 Å². The Bertz CT molecular complexity index is 520. The summed E-state index contributed by atoms with van der Waals surface area (Å²) in [7, 11) is 0. The largest absolute Gasteiger partial charge is 0.334 e. The summed E-state index contributed by atoms with van der Waals surface area (Å²) >= 11 is 7.03. The fourth-order valence-electron chi connectivity index (χ4n) is 2.50. The molecular weight excluding hydrogens is 304 g/mol. The van der Waals surface area contributed by atoms with E-state index in [0.717, 1.165) is 22.9 Å². The van der Waals surface area contributed by atoms with Gasteiger partial charge in [0, 0.05) is 12.7 Å². The molecule has 1 aliphatic carbocycles. The molecule has 0 aromatic carbocycles. The fourth-order valence-corrected chi connectivity index (χ4v) is 4.44. The maximum Gasteiger partial charge on any atom is 0.178 e. The number of ketones is 1. The van der Waals surface area contributed by atoms with E-state index in [9.17, 15) is 10.0 Å². The molecule has 1 N–H and O–H groups in total. The van der Waals surface area contributed by atoms with Crippen LogP contribution in [0.3, 0.4) is 0 Å². The van der Waals surface area contributed by atoms with Gasteiger partial charge in [-0.05, 0) is 50.1 Å². The Morgan fingerprint density at radius 3 is 2.62 bits per heavy atom. The lowest BCUT2D eigenvalue weighted by molar-refractivity contribution is -0.122. The molecule has 4 nitrogen and oxygen atoms in total. The average molecular weight is 324 g/mol. The fraction of sp³-hybridized carbons (Fsp3) is 0.467. The molecule has 0 spiro atoms. The molecule has 0 radical (unpaired) electrons. The van der Waals surface area contributed by atoms with E-state index in [0.29, 0.717) is 0 Å². The Balaban J connectivity index is 2.23. The first-order valence-electron chi connectivity index (χ1n) is 6.94. The van der Waals surface area contributed by atoms with Gasteiger partial charge in [0.1, 0.15) is 10.5 Å². The molecule has 1 saturated heterocycles. The van der Waals surface area contributed by atoms with E-state index in [2.05, 4.69) is 25.7 Å². The van der Waals surface area contributed by atoms with Crippen LogP contribution in [-0.4, -0.2) is 42.7 Å². The predicted molar refractivity (Wildman–Crippen MR) is 90.0 cm³/mol. The van der Waals surface area contributed by atoms with Crippen molar-refractivity contribution in [2.24, 2.45) is 0 Å². The number of hydrogen-bond acceptors (Lipinski definition) is 5. The Morgan fingerprint density at radius 2 is 2.05 bits per heavy atom. The maximum absolute atomic E-state index is 11.1. The van der Waals surface area contributed by atoms with Crippen molar-refractivity contribution in [1.82, 2.24) is 9.96 Å². The molecule has 2 aliphatic rings. The molecule has 1 heterocycles. The van der Waals surface area contributed by atoms with Gasteiger partial charge in [0.2, 0.25) is 0 Å². The Kier molecular flexibility index (Phi) is 4.91. The minimum Gasteiger partial charge on any atom is -0.334 e. The zero-order valence-corrected chi connectivity index (χ0v) is 14.1. The number of carbonyl (C=O) groups excluding carboxylic acids is 1. The highest BCUT2D eigenvalue weighted by atomic mass is 32.2. The van der Waals surface area contributed by atoms with Crippen LogP contribution in [0.15, 0.2) is 36.1 Å². The second-order valence-corrected chi connectivity index (χ2v) is 7.90. The molecule has 114 valence electrons. The van der Waals surface area contributed by atoms with Crippen molar-refractivity contribution in [2.75, 3.05) is 6.54 Å². The van der Waals surface area contributed by atoms with Gasteiger partial charge in [-0.25, -0.2) is 5.06 Å². The third kappa shape index (κ3) is 3.56. The molecule has 2 rings (SSSR count). The molecule has 1 atom stereocenters. The average Bonchev–Trinajstić information content (AvgIpc) is 2.62. The van der Waals surface area contributed by atoms with Crippen LogP contribution in [0.4, 0.5) is 0 Å². The lowest BCUT2D eigenvalue weighted by Crippen LogP contribution is -2.50. The van der Waals surface area contributed by atoms with E-state index in [4.69, 9.17) is 12.2 Å². The number of thioether (sulfide) groups is 1. The Hall–Kier alpha value is -1.11. The van der Waals surface area contributed by atoms with Crippen LogP contribution in [0.1, 0.15) is 27.2 Å². The minimum atomic E-state index is -0.220. The quantitative estimate of drug-likeness (QED) is 0.633. The topological polar surface area (TPSA) is 43.8 Å². The first kappa shape index (κ1) is 16.3. The number of hydroxylamine groups is 2. The first-order valence-corrected chi connectivity index (χ1v) is 8.16. The van der Waals surface area contributed by atoms with E-state index in [1.54, 1.807) is 30.1 Å². The SMILES string of the molecule is CCCN1C(=S)SC(C)(C)[C@@H]1N(O)C=C1C=CC(=O)C=C1. The number of thiocarbonyl (C=S) groups is 1. The normalized spacial score (nSPS) is 23.9. The highest BCUT2D eigenvalue weighted by molar-refractivity contribution is 8.24. The summed E-state index contributed by atoms with van der Waals surface area (Å²) in [6.07, 6.45) is 8.76. The summed E-state index contributed by atoms with van der Waals surface area (Å²) in [5, 5.41) is 11.7. The number of hydrogen-bond donors (Lipinski definition) is 1. The molecule has 0 aromatic heterocycles. The minimum absolute atomic E-state index is 0.0396. The van der Waals surface area contributed by atoms with Gasteiger partial charge in [0.05, 0.1) is 4.75 Å². The second-order valence-electron chi connectivity index (χ2n) is 5.62. The van der Waals surface area contributed by atoms with Gasteiger partial charge >= 0.3 is 0 Å². The molecular formula is C15H20N2O2S2. The number of rotatable bonds is 4. The molecule has 0 aromatic rings. The first-order chi connectivity index (χ1) is 9.85. The molecule has 0 saturated carbocycles. The van der Waals surface area contributed by atoms with E-state index < -0.39 is 0 Å². The summed E-state index contributed by atoms with van der Waals surface area (Å²) in [4.78, 5) is 13.2. The predicted octanol–water partition coefficient (Wildman–Crippen LogP) is 3.11.